The third-order valence-electron chi connectivity index (χ3n) is 6.57. The second-order valence-corrected chi connectivity index (χ2v) is 10.0. The summed E-state index contributed by atoms with van der Waals surface area (Å²) in [6.45, 7) is 6.01. The molecule has 4 aromatic rings. The van der Waals surface area contributed by atoms with Crippen molar-refractivity contribution in [2.24, 2.45) is 0 Å². The zero-order valence-corrected chi connectivity index (χ0v) is 20.0. The maximum absolute atomic E-state index is 13.4. The van der Waals surface area contributed by atoms with Gasteiger partial charge in [0.25, 0.3) is 11.5 Å². The van der Waals surface area contributed by atoms with Crippen molar-refractivity contribution in [2.45, 2.75) is 59.0 Å². The van der Waals surface area contributed by atoms with E-state index in [1.54, 1.807) is 11.3 Å². The number of nitrogens with one attached hydrogen (secondary N) is 2. The van der Waals surface area contributed by atoms with E-state index >= 15 is 0 Å². The summed E-state index contributed by atoms with van der Waals surface area (Å²) >= 11 is 1.68. The molecule has 3 aromatic heterocycles. The minimum Gasteiger partial charge on any atom is -0.348 e. The van der Waals surface area contributed by atoms with E-state index in [9.17, 15) is 9.59 Å². The van der Waals surface area contributed by atoms with Crippen LogP contribution in [0.3, 0.4) is 0 Å². The Morgan fingerprint density at radius 1 is 1.18 bits per heavy atom. The van der Waals surface area contributed by atoms with Gasteiger partial charge in [0, 0.05) is 28.1 Å². The van der Waals surface area contributed by atoms with E-state index in [4.69, 9.17) is 5.10 Å². The van der Waals surface area contributed by atoms with Crippen molar-refractivity contribution in [3.05, 3.63) is 74.1 Å². The van der Waals surface area contributed by atoms with Gasteiger partial charge in [-0.1, -0.05) is 12.8 Å². The van der Waals surface area contributed by atoms with Gasteiger partial charge in [-0.25, -0.2) is 0 Å². The number of nitrogens with zero attached hydrogens (tertiary/aromatic N) is 2. The lowest BCUT2D eigenvalue weighted by atomic mass is 10.0. The number of hydrogen-bond donors (Lipinski definition) is 2. The Morgan fingerprint density at radius 2 is 1.97 bits per heavy atom. The highest BCUT2D eigenvalue weighted by molar-refractivity contribution is 7.13. The molecule has 0 saturated heterocycles. The Bertz CT molecular complexity index is 1410. The molecule has 1 saturated carbocycles. The minimum atomic E-state index is -0.194. The summed E-state index contributed by atoms with van der Waals surface area (Å²) < 4.78 is 2.11. The topological polar surface area (TPSA) is 79.8 Å². The lowest BCUT2D eigenvalue weighted by Gasteiger charge is -2.14. The number of pyridine rings is 1. The number of rotatable bonds is 5. The van der Waals surface area contributed by atoms with Gasteiger partial charge in [0.1, 0.15) is 0 Å². The predicted molar refractivity (Wildman–Crippen MR) is 133 cm³/mol. The summed E-state index contributed by atoms with van der Waals surface area (Å²) in [6.07, 6.45) is 6.49. The average Bonchev–Trinajstić information content (AvgIpc) is 3.52. The normalized spacial score (nSPS) is 14.3. The Morgan fingerprint density at radius 3 is 2.67 bits per heavy atom. The van der Waals surface area contributed by atoms with Crippen LogP contribution in [0.5, 0.6) is 0 Å². The van der Waals surface area contributed by atoms with Crippen LogP contribution in [0, 0.1) is 20.8 Å². The highest BCUT2D eigenvalue weighted by Gasteiger charge is 2.23. The van der Waals surface area contributed by atoms with Crippen LogP contribution in [-0.2, 0) is 6.54 Å². The van der Waals surface area contributed by atoms with Crippen LogP contribution in [0.2, 0.25) is 0 Å². The Balaban J connectivity index is 1.55. The van der Waals surface area contributed by atoms with Gasteiger partial charge < -0.3 is 10.3 Å². The molecule has 1 fully saturated rings. The van der Waals surface area contributed by atoms with E-state index < -0.39 is 0 Å². The molecule has 0 radical (unpaired) electrons. The number of H-pyrrole nitrogens is 1. The van der Waals surface area contributed by atoms with Crippen LogP contribution in [0.1, 0.15) is 64.5 Å². The van der Waals surface area contributed by atoms with Crippen molar-refractivity contribution in [3.8, 4) is 10.4 Å². The lowest BCUT2D eigenvalue weighted by molar-refractivity contribution is 0.0952. The molecule has 1 aliphatic rings. The van der Waals surface area contributed by atoms with E-state index in [-0.39, 0.29) is 18.0 Å². The third kappa shape index (κ3) is 4.13. The second-order valence-electron chi connectivity index (χ2n) is 9.10. The maximum Gasteiger partial charge on any atom is 0.253 e. The lowest BCUT2D eigenvalue weighted by Crippen LogP contribution is -2.28. The molecule has 7 heteroatoms. The van der Waals surface area contributed by atoms with Crippen LogP contribution in [-0.4, -0.2) is 20.7 Å². The molecule has 0 unspecified atom stereocenters. The summed E-state index contributed by atoms with van der Waals surface area (Å²) in [7, 11) is 0. The summed E-state index contributed by atoms with van der Waals surface area (Å²) in [5.41, 5.74) is 5.94. The molecule has 2 N–H and O–H groups in total. The van der Waals surface area contributed by atoms with Crippen LogP contribution in [0.4, 0.5) is 0 Å². The van der Waals surface area contributed by atoms with Gasteiger partial charge >= 0.3 is 0 Å². The number of thiophene rings is 1. The predicted octanol–water partition coefficient (Wildman–Crippen LogP) is 5.42. The average molecular weight is 461 g/mol. The van der Waals surface area contributed by atoms with Crippen LogP contribution >= 0.6 is 11.3 Å². The smallest absolute Gasteiger partial charge is 0.253 e. The third-order valence-corrected chi connectivity index (χ3v) is 7.66. The number of aromatic amines is 1. The largest absolute Gasteiger partial charge is 0.348 e. The molecule has 6 nitrogen and oxygen atoms in total. The molecule has 3 heterocycles. The van der Waals surface area contributed by atoms with E-state index in [1.165, 1.54) is 18.4 Å². The number of aryl methyl sites for hydroxylation is 3. The molecule has 5 rings (SSSR count). The van der Waals surface area contributed by atoms with Crippen molar-refractivity contribution in [1.82, 2.24) is 20.1 Å². The number of benzene rings is 1. The molecule has 0 aliphatic heterocycles. The summed E-state index contributed by atoms with van der Waals surface area (Å²) in [4.78, 5) is 29.7. The van der Waals surface area contributed by atoms with Crippen LogP contribution in [0.15, 0.2) is 40.6 Å². The van der Waals surface area contributed by atoms with Crippen molar-refractivity contribution in [1.29, 1.82) is 0 Å². The zero-order chi connectivity index (χ0) is 23.1. The molecular formula is C26H28N4O2S. The summed E-state index contributed by atoms with van der Waals surface area (Å²) in [5.74, 6) is -0.194. The SMILES string of the molecule is Cc1csc(-c2cc(C(=O)NCc3c(C)cc(C)[nH]c3=O)c3cnn(C4CCCC4)c3c2)c1. The first-order valence-electron chi connectivity index (χ1n) is 11.4. The van der Waals surface area contributed by atoms with Gasteiger partial charge in [0.15, 0.2) is 0 Å². The molecule has 1 amide bonds. The van der Waals surface area contributed by atoms with Gasteiger partial charge in [-0.2, -0.15) is 5.10 Å². The van der Waals surface area contributed by atoms with Gasteiger partial charge in [-0.3, -0.25) is 14.3 Å². The monoisotopic (exact) mass is 460 g/mol. The first-order chi connectivity index (χ1) is 15.9. The van der Waals surface area contributed by atoms with Gasteiger partial charge in [-0.15, -0.1) is 11.3 Å². The van der Waals surface area contributed by atoms with E-state index in [2.05, 4.69) is 39.4 Å². The number of aromatic nitrogens is 3. The van der Waals surface area contributed by atoms with Crippen LogP contribution in [0.25, 0.3) is 21.3 Å². The fraction of sp³-hybridized carbons (Fsp3) is 0.346. The standard InChI is InChI=1S/C26H28N4O2S/c1-15-8-24(33-14-15)18-10-20(22-13-28-30(23(22)11-18)19-6-4-5-7-19)25(31)27-12-21-16(2)9-17(3)29-26(21)32/h8-11,13-14,19H,4-7,12H2,1-3H3,(H,27,31)(H,29,32). The molecule has 0 bridgehead atoms. The first-order valence-corrected chi connectivity index (χ1v) is 12.3. The van der Waals surface area contributed by atoms with Crippen molar-refractivity contribution < 1.29 is 4.79 Å². The van der Waals surface area contributed by atoms with Crippen molar-refractivity contribution in [2.75, 3.05) is 0 Å². The van der Waals surface area contributed by atoms with E-state index in [0.717, 1.165) is 45.4 Å². The molecular weight excluding hydrogens is 432 g/mol. The maximum atomic E-state index is 13.4. The number of hydrogen-bond acceptors (Lipinski definition) is 4. The Labute approximate surface area is 196 Å². The first kappa shape index (κ1) is 21.6. The highest BCUT2D eigenvalue weighted by atomic mass is 32.1. The highest BCUT2D eigenvalue weighted by Crippen LogP contribution is 2.36. The summed E-state index contributed by atoms with van der Waals surface area (Å²) in [5, 5.41) is 10.7. The molecule has 0 spiro atoms. The Hall–Kier alpha value is -3.19. The number of amides is 1. The number of fused-ring (bicyclic) bond motifs is 1. The van der Waals surface area contributed by atoms with E-state index in [0.29, 0.717) is 17.2 Å². The van der Waals surface area contributed by atoms with Gasteiger partial charge in [0.05, 0.1) is 23.3 Å². The second kappa shape index (κ2) is 8.63. The van der Waals surface area contributed by atoms with E-state index in [1.807, 2.05) is 32.2 Å². The minimum absolute atomic E-state index is 0.158. The number of carbonyl (C=O) groups excluding carboxylic acids is 1. The zero-order valence-electron chi connectivity index (χ0n) is 19.2. The fourth-order valence-electron chi connectivity index (χ4n) is 4.86. The molecule has 33 heavy (non-hydrogen) atoms. The molecule has 170 valence electrons. The quantitative estimate of drug-likeness (QED) is 0.417. The van der Waals surface area contributed by atoms with Crippen LogP contribution < -0.4 is 10.9 Å². The summed E-state index contributed by atoms with van der Waals surface area (Å²) in [6, 6.07) is 8.58. The number of carbonyl (C=O) groups is 1. The fourth-order valence-corrected chi connectivity index (χ4v) is 5.75. The van der Waals surface area contributed by atoms with Gasteiger partial charge in [-0.05, 0) is 79.9 Å². The molecule has 1 aliphatic carbocycles. The molecule has 0 atom stereocenters. The molecule has 1 aromatic carbocycles. The van der Waals surface area contributed by atoms with Crippen molar-refractivity contribution in [3.63, 3.8) is 0 Å². The van der Waals surface area contributed by atoms with Crippen molar-refractivity contribution >= 4 is 28.1 Å². The van der Waals surface area contributed by atoms with Gasteiger partial charge in [0.2, 0.25) is 0 Å². The Kier molecular flexibility index (Phi) is 5.66.